The molecular formula is C14H22N2O2S. The average molecular weight is 282 g/mol. The van der Waals surface area contributed by atoms with Crippen molar-refractivity contribution in [3.8, 4) is 0 Å². The molecule has 0 saturated heterocycles. The Labute approximate surface area is 119 Å². The van der Waals surface area contributed by atoms with E-state index in [1.807, 2.05) is 23.9 Å². The van der Waals surface area contributed by atoms with Gasteiger partial charge in [-0.1, -0.05) is 19.1 Å². The van der Waals surface area contributed by atoms with Crippen molar-refractivity contribution in [1.29, 1.82) is 0 Å². The summed E-state index contributed by atoms with van der Waals surface area (Å²) in [6.45, 7) is 5.29. The number of thioether (sulfide) groups is 1. The summed E-state index contributed by atoms with van der Waals surface area (Å²) in [5.41, 5.74) is 1.29. The first-order valence-corrected chi connectivity index (χ1v) is 7.83. The summed E-state index contributed by atoms with van der Waals surface area (Å²) >= 11 is 1.97. The van der Waals surface area contributed by atoms with Crippen LogP contribution in [0.4, 0.5) is 5.69 Å². The van der Waals surface area contributed by atoms with Gasteiger partial charge in [0.25, 0.3) is 5.69 Å². The molecule has 0 aliphatic heterocycles. The fraction of sp³-hybridized carbons (Fsp3) is 0.571. The zero-order chi connectivity index (χ0) is 14.1. The van der Waals surface area contributed by atoms with Crippen LogP contribution in [-0.4, -0.2) is 29.0 Å². The summed E-state index contributed by atoms with van der Waals surface area (Å²) in [5.74, 6) is 2.37. The summed E-state index contributed by atoms with van der Waals surface area (Å²) in [6.07, 6.45) is 2.09. The molecule has 0 radical (unpaired) electrons. The minimum atomic E-state index is -0.366. The predicted molar refractivity (Wildman–Crippen MR) is 81.9 cm³/mol. The van der Waals surface area contributed by atoms with Gasteiger partial charge in [-0.25, -0.2) is 0 Å². The first-order chi connectivity index (χ1) is 9.13. The lowest BCUT2D eigenvalue weighted by Gasteiger charge is -2.13. The Morgan fingerprint density at radius 1 is 1.37 bits per heavy atom. The van der Waals surface area contributed by atoms with Gasteiger partial charge in [-0.15, -0.1) is 0 Å². The van der Waals surface area contributed by atoms with Crippen molar-refractivity contribution in [2.24, 2.45) is 0 Å². The highest BCUT2D eigenvalue weighted by Gasteiger charge is 2.04. The third-order valence-corrected chi connectivity index (χ3v) is 3.89. The van der Waals surface area contributed by atoms with Gasteiger partial charge < -0.3 is 5.32 Å². The van der Waals surface area contributed by atoms with Crippen molar-refractivity contribution in [3.63, 3.8) is 0 Å². The molecule has 1 atom stereocenters. The second-order valence-corrected chi connectivity index (χ2v) is 5.91. The van der Waals surface area contributed by atoms with E-state index in [-0.39, 0.29) is 10.6 Å². The van der Waals surface area contributed by atoms with Crippen LogP contribution in [-0.2, 0) is 6.42 Å². The second-order valence-electron chi connectivity index (χ2n) is 4.51. The van der Waals surface area contributed by atoms with E-state index >= 15 is 0 Å². The Bertz CT molecular complexity index is 382. The van der Waals surface area contributed by atoms with E-state index in [1.54, 1.807) is 12.1 Å². The number of nitrogens with zero attached hydrogens (tertiary/aromatic N) is 1. The van der Waals surface area contributed by atoms with Gasteiger partial charge in [0.05, 0.1) is 4.92 Å². The SMILES string of the molecule is CCSCCC(C)NCCc1ccc([N+](=O)[O-])cc1. The number of hydrogen-bond donors (Lipinski definition) is 1. The van der Waals surface area contributed by atoms with E-state index in [0.29, 0.717) is 6.04 Å². The first kappa shape index (κ1) is 16.0. The zero-order valence-corrected chi connectivity index (χ0v) is 12.4. The van der Waals surface area contributed by atoms with Crippen molar-refractivity contribution in [1.82, 2.24) is 5.32 Å². The summed E-state index contributed by atoms with van der Waals surface area (Å²) in [4.78, 5) is 10.2. The number of nitro groups is 1. The molecule has 0 aromatic heterocycles. The standard InChI is InChI=1S/C14H22N2O2S/c1-3-19-11-9-12(2)15-10-8-13-4-6-14(7-5-13)16(17)18/h4-7,12,15H,3,8-11H2,1-2H3. The molecule has 1 aromatic carbocycles. The van der Waals surface area contributed by atoms with Crippen LogP contribution in [0.3, 0.4) is 0 Å². The van der Waals surface area contributed by atoms with Crippen molar-refractivity contribution in [3.05, 3.63) is 39.9 Å². The Morgan fingerprint density at radius 2 is 2.05 bits per heavy atom. The highest BCUT2D eigenvalue weighted by Crippen LogP contribution is 2.12. The maximum Gasteiger partial charge on any atom is 0.269 e. The summed E-state index contributed by atoms with van der Waals surface area (Å²) in [7, 11) is 0. The van der Waals surface area contributed by atoms with Crippen molar-refractivity contribution < 1.29 is 4.92 Å². The predicted octanol–water partition coefficient (Wildman–Crippen LogP) is 3.26. The van der Waals surface area contributed by atoms with Crippen molar-refractivity contribution in [2.45, 2.75) is 32.7 Å². The molecule has 19 heavy (non-hydrogen) atoms. The first-order valence-electron chi connectivity index (χ1n) is 6.68. The quantitative estimate of drug-likeness (QED) is 0.429. The van der Waals surface area contributed by atoms with Crippen LogP contribution in [0.25, 0.3) is 0 Å². The summed E-state index contributed by atoms with van der Waals surface area (Å²) in [6, 6.07) is 7.32. The third kappa shape index (κ3) is 6.59. The van der Waals surface area contributed by atoms with Gasteiger partial charge in [-0.2, -0.15) is 11.8 Å². The van der Waals surface area contributed by atoms with Crippen LogP contribution in [0.5, 0.6) is 0 Å². The van der Waals surface area contributed by atoms with Crippen LogP contribution in [0.15, 0.2) is 24.3 Å². The number of rotatable bonds is 9. The molecule has 4 nitrogen and oxygen atoms in total. The van der Waals surface area contributed by atoms with E-state index in [2.05, 4.69) is 19.2 Å². The topological polar surface area (TPSA) is 55.2 Å². The Hall–Kier alpha value is -1.07. The maximum atomic E-state index is 10.5. The molecule has 0 aliphatic carbocycles. The zero-order valence-electron chi connectivity index (χ0n) is 11.6. The molecule has 0 spiro atoms. The Kier molecular flexibility index (Phi) is 7.52. The van der Waals surface area contributed by atoms with Crippen molar-refractivity contribution in [2.75, 3.05) is 18.1 Å². The monoisotopic (exact) mass is 282 g/mol. The number of non-ortho nitro benzene ring substituents is 1. The normalized spacial score (nSPS) is 12.3. The number of benzene rings is 1. The average Bonchev–Trinajstić information content (AvgIpc) is 2.39. The molecule has 0 bridgehead atoms. The highest BCUT2D eigenvalue weighted by atomic mass is 32.2. The molecular weight excluding hydrogens is 260 g/mol. The van der Waals surface area contributed by atoms with Gasteiger partial charge in [0.1, 0.15) is 0 Å². The van der Waals surface area contributed by atoms with E-state index in [0.717, 1.165) is 18.5 Å². The van der Waals surface area contributed by atoms with Gasteiger partial charge in [-0.05, 0) is 43.4 Å². The van der Waals surface area contributed by atoms with E-state index < -0.39 is 0 Å². The Morgan fingerprint density at radius 3 is 2.63 bits per heavy atom. The molecule has 0 fully saturated rings. The van der Waals surface area contributed by atoms with Crippen LogP contribution in [0.1, 0.15) is 25.8 Å². The third-order valence-electron chi connectivity index (χ3n) is 2.95. The van der Waals surface area contributed by atoms with Crippen LogP contribution >= 0.6 is 11.8 Å². The summed E-state index contributed by atoms with van der Waals surface area (Å²) in [5, 5.41) is 14.0. The Balaban J connectivity index is 2.23. The number of hydrogen-bond acceptors (Lipinski definition) is 4. The molecule has 1 N–H and O–H groups in total. The highest BCUT2D eigenvalue weighted by molar-refractivity contribution is 7.99. The smallest absolute Gasteiger partial charge is 0.269 e. The lowest BCUT2D eigenvalue weighted by molar-refractivity contribution is -0.384. The van der Waals surface area contributed by atoms with Crippen LogP contribution in [0.2, 0.25) is 0 Å². The van der Waals surface area contributed by atoms with E-state index in [9.17, 15) is 10.1 Å². The van der Waals surface area contributed by atoms with Gasteiger partial charge >= 0.3 is 0 Å². The molecule has 5 heteroatoms. The van der Waals surface area contributed by atoms with E-state index in [1.165, 1.54) is 17.9 Å². The minimum Gasteiger partial charge on any atom is -0.314 e. The van der Waals surface area contributed by atoms with Crippen LogP contribution < -0.4 is 5.32 Å². The molecule has 0 saturated carbocycles. The molecule has 1 unspecified atom stereocenters. The fourth-order valence-corrected chi connectivity index (χ4v) is 2.56. The molecule has 106 valence electrons. The lowest BCUT2D eigenvalue weighted by Crippen LogP contribution is -2.28. The van der Waals surface area contributed by atoms with Gasteiger partial charge in [0, 0.05) is 18.2 Å². The molecule has 1 aromatic rings. The molecule has 0 aliphatic rings. The van der Waals surface area contributed by atoms with Gasteiger partial charge in [0.15, 0.2) is 0 Å². The number of nitro benzene ring substituents is 1. The minimum absolute atomic E-state index is 0.154. The largest absolute Gasteiger partial charge is 0.314 e. The lowest BCUT2D eigenvalue weighted by atomic mass is 10.1. The molecule has 0 heterocycles. The maximum absolute atomic E-state index is 10.5. The second kappa shape index (κ2) is 8.93. The fourth-order valence-electron chi connectivity index (χ4n) is 1.75. The van der Waals surface area contributed by atoms with Crippen LogP contribution in [0, 0.1) is 10.1 Å². The van der Waals surface area contributed by atoms with Crippen molar-refractivity contribution >= 4 is 17.4 Å². The van der Waals surface area contributed by atoms with E-state index in [4.69, 9.17) is 0 Å². The summed E-state index contributed by atoms with van der Waals surface area (Å²) < 4.78 is 0. The van der Waals surface area contributed by atoms with Gasteiger partial charge in [0.2, 0.25) is 0 Å². The number of nitrogens with one attached hydrogen (secondary N) is 1. The molecule has 0 amide bonds. The molecule has 1 rings (SSSR count). The van der Waals surface area contributed by atoms with Gasteiger partial charge in [-0.3, -0.25) is 10.1 Å².